The monoisotopic (exact) mass is 302 g/mol. The van der Waals surface area contributed by atoms with E-state index >= 15 is 0 Å². The smallest absolute Gasteiger partial charge is 0.254 e. The van der Waals surface area contributed by atoms with E-state index < -0.39 is 0 Å². The number of rotatable bonds is 5. The van der Waals surface area contributed by atoms with Crippen molar-refractivity contribution in [1.82, 2.24) is 25.4 Å². The van der Waals surface area contributed by atoms with E-state index in [-0.39, 0.29) is 11.9 Å². The van der Waals surface area contributed by atoms with Gasteiger partial charge in [-0.1, -0.05) is 11.6 Å². The zero-order valence-corrected chi connectivity index (χ0v) is 12.4. The minimum absolute atomic E-state index is 0.157. The molecule has 0 spiro atoms. The van der Waals surface area contributed by atoms with Crippen molar-refractivity contribution in [1.29, 1.82) is 0 Å². The average Bonchev–Trinajstić information content (AvgIpc) is 2.85. The van der Waals surface area contributed by atoms with E-state index in [2.05, 4.69) is 25.4 Å². The molecule has 2 aromatic heterocycles. The second kappa shape index (κ2) is 6.08. The lowest BCUT2D eigenvalue weighted by molar-refractivity contribution is 0.0952. The summed E-state index contributed by atoms with van der Waals surface area (Å²) in [4.78, 5) is 24.2. The summed E-state index contributed by atoms with van der Waals surface area (Å²) in [5.41, 5.74) is 6.43. The third-order valence-electron chi connectivity index (χ3n) is 3.81. The molecule has 0 unspecified atom stereocenters. The minimum atomic E-state index is -0.236. The quantitative estimate of drug-likeness (QED) is 0.845. The molecule has 3 rings (SSSR count). The highest BCUT2D eigenvalue weighted by atomic mass is 16.5. The summed E-state index contributed by atoms with van der Waals surface area (Å²) >= 11 is 0. The van der Waals surface area contributed by atoms with Crippen LogP contribution in [0.3, 0.4) is 0 Å². The number of carbonyl (C=O) groups is 1. The number of aromatic nitrogens is 4. The number of nitrogens with two attached hydrogens (primary N) is 1. The molecule has 1 amide bonds. The van der Waals surface area contributed by atoms with E-state index in [1.165, 1.54) is 12.6 Å². The van der Waals surface area contributed by atoms with Crippen molar-refractivity contribution in [3.05, 3.63) is 29.2 Å². The lowest BCUT2D eigenvalue weighted by Crippen LogP contribution is -2.27. The molecule has 0 radical (unpaired) electrons. The van der Waals surface area contributed by atoms with E-state index in [0.717, 1.165) is 18.7 Å². The van der Waals surface area contributed by atoms with Crippen LogP contribution < -0.4 is 11.1 Å². The number of nitrogens with one attached hydrogen (secondary N) is 1. The Balaban J connectivity index is 1.51. The topological polar surface area (TPSA) is 120 Å². The van der Waals surface area contributed by atoms with Gasteiger partial charge in [0.05, 0.1) is 11.3 Å². The third-order valence-corrected chi connectivity index (χ3v) is 3.81. The molecule has 2 heterocycles. The van der Waals surface area contributed by atoms with Crippen molar-refractivity contribution < 1.29 is 9.32 Å². The molecule has 0 bridgehead atoms. The lowest BCUT2D eigenvalue weighted by Gasteiger charge is -2.20. The number of hydrogen-bond donors (Lipinski definition) is 2. The van der Waals surface area contributed by atoms with Crippen LogP contribution in [0.5, 0.6) is 0 Å². The van der Waals surface area contributed by atoms with Gasteiger partial charge in [-0.3, -0.25) is 4.79 Å². The van der Waals surface area contributed by atoms with Crippen molar-refractivity contribution in [2.75, 3.05) is 12.3 Å². The van der Waals surface area contributed by atoms with Crippen molar-refractivity contribution in [2.45, 2.75) is 38.5 Å². The van der Waals surface area contributed by atoms with Crippen LogP contribution in [0, 0.1) is 6.92 Å². The molecule has 1 saturated carbocycles. The molecule has 0 saturated heterocycles. The van der Waals surface area contributed by atoms with E-state index in [4.69, 9.17) is 10.3 Å². The first-order valence-corrected chi connectivity index (χ1v) is 7.33. The molecule has 1 aliphatic rings. The summed E-state index contributed by atoms with van der Waals surface area (Å²) in [5.74, 6) is 1.68. The van der Waals surface area contributed by atoms with Gasteiger partial charge in [0.25, 0.3) is 5.91 Å². The molecular formula is C14H18N6O2. The maximum atomic E-state index is 12.0. The molecule has 22 heavy (non-hydrogen) atoms. The van der Waals surface area contributed by atoms with E-state index in [1.54, 1.807) is 6.92 Å². The normalized spacial score (nSPS) is 14.6. The van der Waals surface area contributed by atoms with Gasteiger partial charge in [0.1, 0.15) is 0 Å². The molecular weight excluding hydrogens is 284 g/mol. The van der Waals surface area contributed by atoms with E-state index in [1.807, 2.05) is 0 Å². The van der Waals surface area contributed by atoms with Crippen LogP contribution in [0.4, 0.5) is 5.95 Å². The summed E-state index contributed by atoms with van der Waals surface area (Å²) in [7, 11) is 0. The fourth-order valence-corrected chi connectivity index (χ4v) is 2.28. The highest BCUT2D eigenvalue weighted by Crippen LogP contribution is 2.35. The van der Waals surface area contributed by atoms with Crippen LogP contribution in [0.1, 0.15) is 52.9 Å². The molecule has 0 atom stereocenters. The number of nitrogens with zero attached hydrogens (tertiary/aromatic N) is 4. The van der Waals surface area contributed by atoms with Crippen molar-refractivity contribution >= 4 is 11.9 Å². The lowest BCUT2D eigenvalue weighted by atomic mass is 9.85. The van der Waals surface area contributed by atoms with Gasteiger partial charge in [-0.05, 0) is 19.8 Å². The Hall–Kier alpha value is -2.51. The Morgan fingerprint density at radius 3 is 2.95 bits per heavy atom. The number of hydrogen-bond acceptors (Lipinski definition) is 7. The zero-order chi connectivity index (χ0) is 15.5. The highest BCUT2D eigenvalue weighted by molar-refractivity contribution is 5.94. The van der Waals surface area contributed by atoms with Gasteiger partial charge in [-0.15, -0.1) is 0 Å². The summed E-state index contributed by atoms with van der Waals surface area (Å²) in [6, 6.07) is 0. The Bertz CT molecular complexity index is 680. The molecule has 8 heteroatoms. The predicted octanol–water partition coefficient (Wildman–Crippen LogP) is 0.990. The number of nitrogen functional groups attached to an aromatic ring is 1. The molecule has 0 aliphatic heterocycles. The SMILES string of the molecule is Cc1nc(N)ncc1C(=O)NCCc1noc(C2CCC2)n1. The van der Waals surface area contributed by atoms with Crippen LogP contribution in [0.2, 0.25) is 0 Å². The first-order chi connectivity index (χ1) is 10.6. The largest absolute Gasteiger partial charge is 0.368 e. The standard InChI is InChI=1S/C14H18N6O2/c1-8-10(7-17-14(15)18-8)12(21)16-6-5-11-19-13(22-20-11)9-3-2-4-9/h7,9H,2-6H2,1H3,(H,16,21)(H2,15,17,18). The fraction of sp³-hybridized carbons (Fsp3) is 0.500. The van der Waals surface area contributed by atoms with Gasteiger partial charge in [0.15, 0.2) is 5.82 Å². The van der Waals surface area contributed by atoms with E-state index in [9.17, 15) is 4.79 Å². The molecule has 3 N–H and O–H groups in total. The van der Waals surface area contributed by atoms with Crippen LogP contribution in [-0.4, -0.2) is 32.6 Å². The number of amides is 1. The minimum Gasteiger partial charge on any atom is -0.368 e. The van der Waals surface area contributed by atoms with Gasteiger partial charge in [-0.2, -0.15) is 4.98 Å². The zero-order valence-electron chi connectivity index (χ0n) is 12.4. The first-order valence-electron chi connectivity index (χ1n) is 7.33. The van der Waals surface area contributed by atoms with Crippen molar-refractivity contribution in [3.8, 4) is 0 Å². The Morgan fingerprint density at radius 1 is 1.45 bits per heavy atom. The Kier molecular flexibility index (Phi) is 3.99. The molecule has 0 aromatic carbocycles. The number of carbonyl (C=O) groups excluding carboxylic acids is 1. The number of aryl methyl sites for hydroxylation is 1. The van der Waals surface area contributed by atoms with Crippen LogP contribution in [-0.2, 0) is 6.42 Å². The maximum Gasteiger partial charge on any atom is 0.254 e. The summed E-state index contributed by atoms with van der Waals surface area (Å²) in [6.45, 7) is 2.14. The molecule has 8 nitrogen and oxygen atoms in total. The Labute approximate surface area is 127 Å². The third kappa shape index (κ3) is 3.05. The summed E-state index contributed by atoms with van der Waals surface area (Å²) in [6.07, 6.45) is 5.41. The molecule has 1 aliphatic carbocycles. The fourth-order valence-electron chi connectivity index (χ4n) is 2.28. The first kappa shape index (κ1) is 14.4. The highest BCUT2D eigenvalue weighted by Gasteiger charge is 2.25. The van der Waals surface area contributed by atoms with Crippen molar-refractivity contribution in [3.63, 3.8) is 0 Å². The average molecular weight is 302 g/mol. The second-order valence-electron chi connectivity index (χ2n) is 5.41. The molecule has 116 valence electrons. The van der Waals surface area contributed by atoms with Gasteiger partial charge in [0, 0.05) is 25.1 Å². The van der Waals surface area contributed by atoms with Gasteiger partial charge >= 0.3 is 0 Å². The van der Waals surface area contributed by atoms with Gasteiger partial charge in [0.2, 0.25) is 11.8 Å². The summed E-state index contributed by atoms with van der Waals surface area (Å²) in [5, 5.41) is 6.73. The maximum absolute atomic E-state index is 12.0. The molecule has 2 aromatic rings. The van der Waals surface area contributed by atoms with Gasteiger partial charge in [-0.25, -0.2) is 9.97 Å². The number of anilines is 1. The van der Waals surface area contributed by atoms with Crippen LogP contribution in [0.15, 0.2) is 10.7 Å². The second-order valence-corrected chi connectivity index (χ2v) is 5.41. The molecule has 1 fully saturated rings. The van der Waals surface area contributed by atoms with Gasteiger partial charge < -0.3 is 15.6 Å². The van der Waals surface area contributed by atoms with Crippen molar-refractivity contribution in [2.24, 2.45) is 0 Å². The summed E-state index contributed by atoms with van der Waals surface area (Å²) < 4.78 is 5.24. The van der Waals surface area contributed by atoms with Crippen LogP contribution >= 0.6 is 0 Å². The van der Waals surface area contributed by atoms with Crippen LogP contribution in [0.25, 0.3) is 0 Å². The predicted molar refractivity (Wildman–Crippen MR) is 78.1 cm³/mol. The van der Waals surface area contributed by atoms with E-state index in [0.29, 0.717) is 36.0 Å². The Morgan fingerprint density at radius 2 is 2.27 bits per heavy atom.